The van der Waals surface area contributed by atoms with Gasteiger partial charge in [-0.3, -0.25) is 4.79 Å². The highest BCUT2D eigenvalue weighted by molar-refractivity contribution is 9.10. The maximum atomic E-state index is 13.6. The minimum atomic E-state index is -0.629. The molecule has 25 heavy (non-hydrogen) atoms. The fraction of sp³-hybridized carbons (Fsp3) is 0.222. The second-order valence-corrected chi connectivity index (χ2v) is 6.12. The van der Waals surface area contributed by atoms with Crippen LogP contribution in [0.15, 0.2) is 46.9 Å². The van der Waals surface area contributed by atoms with Crippen molar-refractivity contribution < 1.29 is 23.5 Å². The molecular weight excluding hydrogens is 393 g/mol. The Hall–Kier alpha value is -2.41. The third-order valence-electron chi connectivity index (χ3n) is 3.51. The van der Waals surface area contributed by atoms with Gasteiger partial charge in [-0.15, -0.1) is 0 Å². The first kappa shape index (κ1) is 18.9. The Kier molecular flexibility index (Phi) is 6.52. The zero-order valence-electron chi connectivity index (χ0n) is 13.8. The maximum Gasteiger partial charge on any atom is 0.338 e. The summed E-state index contributed by atoms with van der Waals surface area (Å²) in [5.41, 5.74) is 0.681. The number of hydrogen-bond acceptors (Lipinski definition) is 4. The van der Waals surface area contributed by atoms with Gasteiger partial charge >= 0.3 is 5.97 Å². The Bertz CT molecular complexity index is 781. The number of carbonyl (C=O) groups is 2. The average Bonchev–Trinajstić information content (AvgIpc) is 2.61. The van der Waals surface area contributed by atoms with Crippen molar-refractivity contribution in [3.8, 4) is 5.75 Å². The lowest BCUT2D eigenvalue weighted by Gasteiger charge is -2.17. The third kappa shape index (κ3) is 5.03. The molecule has 0 saturated heterocycles. The minimum absolute atomic E-state index is 0.0944. The van der Waals surface area contributed by atoms with Gasteiger partial charge in [-0.2, -0.15) is 0 Å². The SMILES string of the molecule is COc1ccc(C(=O)OCC(=O)N(C)Cc2ccccc2F)cc1Br. The first-order valence-electron chi connectivity index (χ1n) is 7.40. The number of esters is 1. The average molecular weight is 410 g/mol. The van der Waals surface area contributed by atoms with Crippen LogP contribution in [0.5, 0.6) is 5.75 Å². The van der Waals surface area contributed by atoms with E-state index in [4.69, 9.17) is 9.47 Å². The van der Waals surface area contributed by atoms with E-state index in [0.29, 0.717) is 15.8 Å². The van der Waals surface area contributed by atoms with Crippen LogP contribution in [0, 0.1) is 5.82 Å². The molecule has 0 aliphatic heterocycles. The zero-order chi connectivity index (χ0) is 18.4. The minimum Gasteiger partial charge on any atom is -0.496 e. The summed E-state index contributed by atoms with van der Waals surface area (Å²) in [5.74, 6) is -0.861. The Morgan fingerprint density at radius 1 is 1.20 bits per heavy atom. The number of amides is 1. The van der Waals surface area contributed by atoms with E-state index in [1.165, 1.54) is 25.1 Å². The van der Waals surface area contributed by atoms with Crippen LogP contribution in [-0.4, -0.2) is 37.5 Å². The Labute approximate surface area is 153 Å². The van der Waals surface area contributed by atoms with Gasteiger partial charge in [0.15, 0.2) is 6.61 Å². The highest BCUT2D eigenvalue weighted by atomic mass is 79.9. The van der Waals surface area contributed by atoms with E-state index in [1.54, 1.807) is 36.4 Å². The van der Waals surface area contributed by atoms with Crippen LogP contribution in [0.4, 0.5) is 4.39 Å². The number of rotatable bonds is 6. The van der Waals surface area contributed by atoms with Crippen molar-refractivity contribution in [3.05, 3.63) is 63.9 Å². The summed E-state index contributed by atoms with van der Waals surface area (Å²) in [5, 5.41) is 0. The quantitative estimate of drug-likeness (QED) is 0.685. The summed E-state index contributed by atoms with van der Waals surface area (Å²) >= 11 is 3.28. The van der Waals surface area contributed by atoms with Crippen LogP contribution in [0.2, 0.25) is 0 Å². The van der Waals surface area contributed by atoms with E-state index in [9.17, 15) is 14.0 Å². The van der Waals surface area contributed by atoms with Gasteiger partial charge in [-0.05, 0) is 40.2 Å². The molecule has 2 rings (SSSR count). The molecule has 0 spiro atoms. The molecule has 0 aliphatic rings. The van der Waals surface area contributed by atoms with Gasteiger partial charge in [0.05, 0.1) is 17.1 Å². The molecule has 0 saturated carbocycles. The second-order valence-electron chi connectivity index (χ2n) is 5.27. The molecule has 0 radical (unpaired) electrons. The molecule has 2 aromatic carbocycles. The topological polar surface area (TPSA) is 55.8 Å². The summed E-state index contributed by atoms with van der Waals surface area (Å²) in [6, 6.07) is 10.9. The molecule has 5 nitrogen and oxygen atoms in total. The fourth-order valence-electron chi connectivity index (χ4n) is 2.08. The maximum absolute atomic E-state index is 13.6. The molecule has 0 atom stereocenters. The van der Waals surface area contributed by atoms with Gasteiger partial charge in [0.25, 0.3) is 5.91 Å². The number of halogens is 2. The van der Waals surface area contributed by atoms with Gasteiger partial charge in [-0.1, -0.05) is 18.2 Å². The van der Waals surface area contributed by atoms with Crippen molar-refractivity contribution in [2.24, 2.45) is 0 Å². The number of hydrogen-bond donors (Lipinski definition) is 0. The molecule has 132 valence electrons. The highest BCUT2D eigenvalue weighted by Gasteiger charge is 2.16. The van der Waals surface area contributed by atoms with E-state index in [0.717, 1.165) is 0 Å². The molecule has 0 heterocycles. The Morgan fingerprint density at radius 2 is 1.92 bits per heavy atom. The lowest BCUT2D eigenvalue weighted by molar-refractivity contribution is -0.133. The molecule has 0 bridgehead atoms. The van der Waals surface area contributed by atoms with Crippen LogP contribution in [-0.2, 0) is 16.1 Å². The smallest absolute Gasteiger partial charge is 0.338 e. The molecule has 1 amide bonds. The van der Waals surface area contributed by atoms with Gasteiger partial charge in [0, 0.05) is 19.2 Å². The molecule has 7 heteroatoms. The van der Waals surface area contributed by atoms with Crippen molar-refractivity contribution in [2.75, 3.05) is 20.8 Å². The Morgan fingerprint density at radius 3 is 2.56 bits per heavy atom. The van der Waals surface area contributed by atoms with Crippen LogP contribution in [0.25, 0.3) is 0 Å². The van der Waals surface area contributed by atoms with Crippen LogP contribution < -0.4 is 4.74 Å². The summed E-state index contributed by atoms with van der Waals surface area (Å²) in [4.78, 5) is 25.4. The monoisotopic (exact) mass is 409 g/mol. The van der Waals surface area contributed by atoms with Crippen molar-refractivity contribution in [1.82, 2.24) is 4.90 Å². The van der Waals surface area contributed by atoms with E-state index >= 15 is 0 Å². The second kappa shape index (κ2) is 8.62. The van der Waals surface area contributed by atoms with Crippen LogP contribution >= 0.6 is 15.9 Å². The molecule has 0 N–H and O–H groups in total. The largest absolute Gasteiger partial charge is 0.496 e. The lowest BCUT2D eigenvalue weighted by Crippen LogP contribution is -2.31. The highest BCUT2D eigenvalue weighted by Crippen LogP contribution is 2.25. The Balaban J connectivity index is 1.91. The molecule has 0 fully saturated rings. The number of ether oxygens (including phenoxy) is 2. The van der Waals surface area contributed by atoms with Crippen molar-refractivity contribution in [2.45, 2.75) is 6.54 Å². The predicted octanol–water partition coefficient (Wildman–Crippen LogP) is 3.41. The molecule has 0 aliphatic carbocycles. The molecule has 0 unspecified atom stereocenters. The number of benzene rings is 2. The predicted molar refractivity (Wildman–Crippen MR) is 93.9 cm³/mol. The van der Waals surface area contributed by atoms with E-state index in [-0.39, 0.29) is 17.9 Å². The van der Waals surface area contributed by atoms with E-state index < -0.39 is 18.5 Å². The van der Waals surface area contributed by atoms with Crippen LogP contribution in [0.1, 0.15) is 15.9 Å². The zero-order valence-corrected chi connectivity index (χ0v) is 15.4. The molecule has 2 aromatic rings. The summed E-state index contributed by atoms with van der Waals surface area (Å²) in [7, 11) is 3.04. The summed E-state index contributed by atoms with van der Waals surface area (Å²) in [6.07, 6.45) is 0. The van der Waals surface area contributed by atoms with Gasteiger partial charge in [0.1, 0.15) is 11.6 Å². The fourth-order valence-corrected chi connectivity index (χ4v) is 2.63. The first-order chi connectivity index (χ1) is 11.9. The van der Waals surface area contributed by atoms with Gasteiger partial charge < -0.3 is 14.4 Å². The van der Waals surface area contributed by atoms with Crippen molar-refractivity contribution in [1.29, 1.82) is 0 Å². The number of methoxy groups -OCH3 is 1. The van der Waals surface area contributed by atoms with E-state index in [1.807, 2.05) is 0 Å². The summed E-state index contributed by atoms with van der Waals surface area (Å²) < 4.78 is 24.3. The van der Waals surface area contributed by atoms with Crippen molar-refractivity contribution in [3.63, 3.8) is 0 Å². The molecule has 0 aromatic heterocycles. The van der Waals surface area contributed by atoms with Crippen LogP contribution in [0.3, 0.4) is 0 Å². The van der Waals surface area contributed by atoms with Crippen molar-refractivity contribution >= 4 is 27.8 Å². The summed E-state index contributed by atoms with van der Waals surface area (Å²) in [6.45, 7) is -0.329. The van der Waals surface area contributed by atoms with Gasteiger partial charge in [-0.25, -0.2) is 9.18 Å². The number of carbonyl (C=O) groups excluding carboxylic acids is 2. The van der Waals surface area contributed by atoms with Gasteiger partial charge in [0.2, 0.25) is 0 Å². The first-order valence-corrected chi connectivity index (χ1v) is 8.19. The number of likely N-dealkylation sites (N-methyl/N-ethyl adjacent to an activating group) is 1. The number of nitrogens with zero attached hydrogens (tertiary/aromatic N) is 1. The third-order valence-corrected chi connectivity index (χ3v) is 4.13. The standard InChI is InChI=1S/C18H17BrFNO4/c1-21(10-13-5-3-4-6-15(13)20)17(22)11-25-18(23)12-7-8-16(24-2)14(19)9-12/h3-9H,10-11H2,1-2H3. The lowest BCUT2D eigenvalue weighted by atomic mass is 10.2. The van der Waals surface area contributed by atoms with E-state index in [2.05, 4.69) is 15.9 Å². The normalized spacial score (nSPS) is 10.2. The molecular formula is C18H17BrFNO4.